The van der Waals surface area contributed by atoms with E-state index in [-0.39, 0.29) is 35.5 Å². The Labute approximate surface area is 121 Å². The summed E-state index contributed by atoms with van der Waals surface area (Å²) in [5, 5.41) is 0. The largest absolute Gasteiger partial charge is 0.469 e. The van der Waals surface area contributed by atoms with E-state index in [0.717, 1.165) is 0 Å². The Morgan fingerprint density at radius 2 is 2.00 bits per heavy atom. The van der Waals surface area contributed by atoms with Crippen molar-refractivity contribution >= 4 is 30.0 Å². The van der Waals surface area contributed by atoms with Crippen LogP contribution in [0.3, 0.4) is 0 Å². The summed E-state index contributed by atoms with van der Waals surface area (Å²) in [6, 6.07) is 0. The van der Waals surface area contributed by atoms with Crippen LogP contribution in [-0.4, -0.2) is 43.6 Å². The molecule has 2 aliphatic carbocycles. The van der Waals surface area contributed by atoms with E-state index >= 15 is 0 Å². The average Bonchev–Trinajstić information content (AvgIpc) is 2.94. The zero-order valence-corrected chi connectivity index (χ0v) is 12.0. The van der Waals surface area contributed by atoms with Gasteiger partial charge in [-0.2, -0.15) is 0 Å². The van der Waals surface area contributed by atoms with E-state index in [0.29, 0.717) is 12.9 Å². The van der Waals surface area contributed by atoms with Gasteiger partial charge in [0.05, 0.1) is 13.0 Å². The molecule has 0 aromatic heterocycles. The first-order chi connectivity index (χ1) is 9.54. The van der Waals surface area contributed by atoms with E-state index in [4.69, 9.17) is 25.8 Å². The number of esters is 2. The van der Waals surface area contributed by atoms with Crippen LogP contribution >= 0.6 is 11.6 Å². The monoisotopic (exact) mass is 304 g/mol. The number of ether oxygens (including phenoxy) is 3. The third-order valence-corrected chi connectivity index (χ3v) is 4.70. The van der Waals surface area contributed by atoms with Crippen molar-refractivity contribution in [1.29, 1.82) is 0 Å². The fourth-order valence-corrected chi connectivity index (χ4v) is 3.76. The van der Waals surface area contributed by atoms with Crippen LogP contribution < -0.4 is 0 Å². The molecule has 2 saturated carbocycles. The molecule has 20 heavy (non-hydrogen) atoms. The Kier molecular flexibility index (Phi) is 4.52. The van der Waals surface area contributed by atoms with Gasteiger partial charge in [0, 0.05) is 11.8 Å². The molecule has 0 aromatic rings. The van der Waals surface area contributed by atoms with Gasteiger partial charge in [0.25, 0.3) is 6.47 Å². The first-order valence-corrected chi connectivity index (χ1v) is 7.01. The van der Waals surface area contributed by atoms with E-state index in [1.807, 2.05) is 6.92 Å². The molecule has 0 aromatic carbocycles. The average molecular weight is 305 g/mol. The Hall–Kier alpha value is -1.30. The second kappa shape index (κ2) is 5.99. The van der Waals surface area contributed by atoms with E-state index in [2.05, 4.69) is 0 Å². The summed E-state index contributed by atoms with van der Waals surface area (Å²) in [5.41, 5.74) is 0. The van der Waals surface area contributed by atoms with E-state index in [1.165, 1.54) is 7.11 Å². The van der Waals surface area contributed by atoms with Crippen LogP contribution in [0.15, 0.2) is 0 Å². The van der Waals surface area contributed by atoms with Crippen molar-refractivity contribution in [3.05, 3.63) is 0 Å². The Balaban J connectivity index is 2.21. The maximum Gasteiger partial charge on any atom is 0.321 e. The van der Waals surface area contributed by atoms with Crippen molar-refractivity contribution in [3.8, 4) is 0 Å². The SMILES string of the molecule is COC(=O)C1C(C)C2CC1C(OC(=O)CCl)C2OC=O. The lowest BCUT2D eigenvalue weighted by Gasteiger charge is -2.36. The number of halogens is 1. The third-order valence-electron chi connectivity index (χ3n) is 4.48. The van der Waals surface area contributed by atoms with Gasteiger partial charge >= 0.3 is 11.9 Å². The fraction of sp³-hybridized carbons (Fsp3) is 0.769. The van der Waals surface area contributed by atoms with Crippen molar-refractivity contribution in [1.82, 2.24) is 0 Å². The summed E-state index contributed by atoms with van der Waals surface area (Å²) in [6.45, 7) is 2.28. The second-order valence-electron chi connectivity index (χ2n) is 5.26. The van der Waals surface area contributed by atoms with Gasteiger partial charge in [0.2, 0.25) is 0 Å². The third kappa shape index (κ3) is 2.37. The number of hydrogen-bond acceptors (Lipinski definition) is 6. The van der Waals surface area contributed by atoms with E-state index in [9.17, 15) is 14.4 Å². The highest BCUT2D eigenvalue weighted by atomic mass is 35.5. The van der Waals surface area contributed by atoms with Crippen molar-refractivity contribution in [2.45, 2.75) is 25.6 Å². The van der Waals surface area contributed by atoms with Crippen LogP contribution in [0.1, 0.15) is 13.3 Å². The summed E-state index contributed by atoms with van der Waals surface area (Å²) in [5.74, 6) is -1.71. The molecule has 2 fully saturated rings. The molecular formula is C13H17ClO6. The van der Waals surface area contributed by atoms with Crippen molar-refractivity contribution < 1.29 is 28.6 Å². The zero-order chi connectivity index (χ0) is 14.9. The molecule has 6 nitrogen and oxygen atoms in total. The summed E-state index contributed by atoms with van der Waals surface area (Å²) >= 11 is 5.44. The van der Waals surface area contributed by atoms with Crippen LogP contribution in [-0.2, 0) is 28.6 Å². The number of hydrogen-bond donors (Lipinski definition) is 0. The molecule has 6 atom stereocenters. The van der Waals surface area contributed by atoms with Crippen molar-refractivity contribution in [2.75, 3.05) is 13.0 Å². The van der Waals surface area contributed by atoms with Crippen LogP contribution in [0, 0.1) is 23.7 Å². The van der Waals surface area contributed by atoms with Gasteiger partial charge in [-0.1, -0.05) is 6.92 Å². The van der Waals surface area contributed by atoms with Gasteiger partial charge in [-0.15, -0.1) is 11.6 Å². The summed E-state index contributed by atoms with van der Waals surface area (Å²) in [6.07, 6.45) is -0.475. The quantitative estimate of drug-likeness (QED) is 0.323. The molecule has 6 unspecified atom stereocenters. The maximum atomic E-state index is 11.9. The number of fused-ring (bicyclic) bond motifs is 2. The van der Waals surface area contributed by atoms with Gasteiger partial charge in [-0.25, -0.2) is 0 Å². The smallest absolute Gasteiger partial charge is 0.321 e. The molecule has 0 spiro atoms. The minimum Gasteiger partial charge on any atom is -0.469 e. The molecule has 0 heterocycles. The molecular weight excluding hydrogens is 288 g/mol. The lowest BCUT2D eigenvalue weighted by Crippen LogP contribution is -2.47. The predicted molar refractivity (Wildman–Crippen MR) is 67.8 cm³/mol. The molecule has 2 bridgehead atoms. The summed E-state index contributed by atoms with van der Waals surface area (Å²) < 4.78 is 15.2. The standard InChI is InChI=1S/C13H17ClO6/c1-6-7-3-8(10(6)13(17)18-2)12(11(7)19-5-15)20-9(16)4-14/h5-8,10-12H,3-4H2,1-2H3. The van der Waals surface area contributed by atoms with Crippen LogP contribution in [0.25, 0.3) is 0 Å². The highest BCUT2D eigenvalue weighted by molar-refractivity contribution is 6.26. The van der Waals surface area contributed by atoms with Gasteiger partial charge < -0.3 is 14.2 Å². The van der Waals surface area contributed by atoms with Crippen LogP contribution in [0.2, 0.25) is 0 Å². The topological polar surface area (TPSA) is 78.9 Å². The zero-order valence-electron chi connectivity index (χ0n) is 11.3. The molecule has 0 N–H and O–H groups in total. The first kappa shape index (κ1) is 15.1. The van der Waals surface area contributed by atoms with Crippen molar-refractivity contribution in [3.63, 3.8) is 0 Å². The number of carbonyl (C=O) groups is 3. The normalized spacial score (nSPS) is 38.4. The highest BCUT2D eigenvalue weighted by Gasteiger charge is 2.62. The molecule has 7 heteroatoms. The Morgan fingerprint density at radius 3 is 2.55 bits per heavy atom. The highest BCUT2D eigenvalue weighted by Crippen LogP contribution is 2.54. The van der Waals surface area contributed by atoms with Crippen LogP contribution in [0.5, 0.6) is 0 Å². The Morgan fingerprint density at radius 1 is 1.30 bits per heavy atom. The van der Waals surface area contributed by atoms with Gasteiger partial charge in [-0.05, 0) is 12.3 Å². The minimum absolute atomic E-state index is 0.0116. The van der Waals surface area contributed by atoms with Crippen molar-refractivity contribution in [2.24, 2.45) is 23.7 Å². The van der Waals surface area contributed by atoms with Crippen LogP contribution in [0.4, 0.5) is 0 Å². The maximum absolute atomic E-state index is 11.9. The molecule has 2 aliphatic rings. The fourth-order valence-electron chi connectivity index (χ4n) is 3.70. The first-order valence-electron chi connectivity index (χ1n) is 6.47. The van der Waals surface area contributed by atoms with Gasteiger partial charge in [0.15, 0.2) is 0 Å². The Bertz CT molecular complexity index is 412. The number of rotatable bonds is 5. The predicted octanol–water partition coefficient (Wildman–Crippen LogP) is 0.754. The lowest BCUT2D eigenvalue weighted by atomic mass is 9.77. The lowest BCUT2D eigenvalue weighted by molar-refractivity contribution is -0.174. The molecule has 0 amide bonds. The second-order valence-corrected chi connectivity index (χ2v) is 5.52. The molecule has 0 saturated heterocycles. The number of carbonyl (C=O) groups excluding carboxylic acids is 3. The molecule has 2 rings (SSSR count). The minimum atomic E-state index is -0.628. The number of methoxy groups -OCH3 is 1. The van der Waals surface area contributed by atoms with E-state index < -0.39 is 18.2 Å². The number of alkyl halides is 1. The molecule has 0 radical (unpaired) electrons. The van der Waals surface area contributed by atoms with E-state index in [1.54, 1.807) is 0 Å². The summed E-state index contributed by atoms with van der Waals surface area (Å²) in [4.78, 5) is 33.9. The molecule has 112 valence electrons. The van der Waals surface area contributed by atoms with Gasteiger partial charge in [0.1, 0.15) is 18.1 Å². The summed E-state index contributed by atoms with van der Waals surface area (Å²) in [7, 11) is 1.33. The van der Waals surface area contributed by atoms with Gasteiger partial charge in [-0.3, -0.25) is 14.4 Å². The molecule has 0 aliphatic heterocycles.